The van der Waals surface area contributed by atoms with Crippen LogP contribution in [0.15, 0.2) is 22.1 Å². The molecule has 16 heavy (non-hydrogen) atoms. The van der Waals surface area contributed by atoms with E-state index in [-0.39, 0.29) is 5.78 Å². The molecule has 2 rings (SSSR count). The van der Waals surface area contributed by atoms with E-state index >= 15 is 0 Å². The molecule has 3 nitrogen and oxygen atoms in total. The van der Waals surface area contributed by atoms with Gasteiger partial charge in [0.25, 0.3) is 0 Å². The second-order valence-electron chi connectivity index (χ2n) is 3.12. The van der Waals surface area contributed by atoms with Crippen LogP contribution in [0.2, 0.25) is 5.02 Å². The molecule has 0 amide bonds. The van der Waals surface area contributed by atoms with Crippen molar-refractivity contribution in [2.45, 2.75) is 13.5 Å². The number of ketones is 1. The molecule has 0 bridgehead atoms. The molecule has 84 valence electrons. The van der Waals surface area contributed by atoms with Crippen LogP contribution in [0.1, 0.15) is 22.3 Å². The highest BCUT2D eigenvalue weighted by Crippen LogP contribution is 2.25. The summed E-state index contributed by atoms with van der Waals surface area (Å²) in [5.41, 5.74) is 0.457. The van der Waals surface area contributed by atoms with Gasteiger partial charge in [0.1, 0.15) is 5.69 Å². The van der Waals surface area contributed by atoms with Crippen LogP contribution < -0.4 is 0 Å². The van der Waals surface area contributed by atoms with Crippen molar-refractivity contribution in [3.63, 3.8) is 0 Å². The van der Waals surface area contributed by atoms with Gasteiger partial charge in [-0.2, -0.15) is 5.10 Å². The minimum absolute atomic E-state index is 0.0833. The molecule has 0 atom stereocenters. The van der Waals surface area contributed by atoms with Crippen molar-refractivity contribution in [3.05, 3.63) is 37.7 Å². The predicted octanol–water partition coefficient (Wildman–Crippen LogP) is 3.61. The van der Waals surface area contributed by atoms with Gasteiger partial charge in [0.15, 0.2) is 0 Å². The van der Waals surface area contributed by atoms with Crippen molar-refractivity contribution in [1.82, 2.24) is 9.78 Å². The summed E-state index contributed by atoms with van der Waals surface area (Å²) >= 11 is 10.7. The molecular formula is C10H8BrClN2OS. The quantitative estimate of drug-likeness (QED) is 0.810. The molecule has 6 heteroatoms. The molecule has 0 unspecified atom stereocenters. The predicted molar refractivity (Wildman–Crippen MR) is 68.4 cm³/mol. The van der Waals surface area contributed by atoms with Crippen LogP contribution in [-0.4, -0.2) is 15.6 Å². The van der Waals surface area contributed by atoms with Crippen molar-refractivity contribution in [3.8, 4) is 0 Å². The molecule has 2 aromatic rings. The van der Waals surface area contributed by atoms with E-state index in [1.807, 2.05) is 12.3 Å². The Morgan fingerprint density at radius 3 is 3.00 bits per heavy atom. The number of rotatable bonds is 3. The molecule has 0 aliphatic heterocycles. The smallest absolute Gasteiger partial charge is 0.222 e. The van der Waals surface area contributed by atoms with Crippen LogP contribution in [0.3, 0.4) is 0 Å². The largest absolute Gasteiger partial charge is 0.286 e. The fourth-order valence-electron chi connectivity index (χ4n) is 1.38. The lowest BCUT2D eigenvalue weighted by Crippen LogP contribution is -2.09. The fraction of sp³-hybridized carbons (Fsp3) is 0.200. The maximum atomic E-state index is 12.2. The van der Waals surface area contributed by atoms with E-state index in [2.05, 4.69) is 21.0 Å². The number of carbonyl (C=O) groups is 1. The Bertz CT molecular complexity index is 535. The molecule has 0 aliphatic carbocycles. The topological polar surface area (TPSA) is 34.9 Å². The number of carbonyl (C=O) groups excluding carboxylic acids is 1. The summed E-state index contributed by atoms with van der Waals surface area (Å²) in [6, 6.07) is 1.79. The maximum absolute atomic E-state index is 12.2. The first kappa shape index (κ1) is 11.8. The van der Waals surface area contributed by atoms with Crippen LogP contribution >= 0.6 is 38.9 Å². The van der Waals surface area contributed by atoms with E-state index in [1.165, 1.54) is 17.5 Å². The number of halogens is 2. The minimum atomic E-state index is -0.0833. The van der Waals surface area contributed by atoms with Gasteiger partial charge in [0.05, 0.1) is 16.1 Å². The lowest BCUT2D eigenvalue weighted by Gasteiger charge is -2.02. The highest BCUT2D eigenvalue weighted by molar-refractivity contribution is 9.10. The number of aryl methyl sites for hydroxylation is 1. The molecule has 0 N–H and O–H groups in total. The number of thiophene rings is 1. The molecule has 0 aromatic carbocycles. The molecule has 0 saturated heterocycles. The lowest BCUT2D eigenvalue weighted by atomic mass is 10.2. The van der Waals surface area contributed by atoms with E-state index in [9.17, 15) is 4.79 Å². The van der Waals surface area contributed by atoms with Gasteiger partial charge in [-0.25, -0.2) is 0 Å². The highest BCUT2D eigenvalue weighted by atomic mass is 79.9. The van der Waals surface area contributed by atoms with Crippen LogP contribution in [0.4, 0.5) is 0 Å². The highest BCUT2D eigenvalue weighted by Gasteiger charge is 2.19. The number of nitrogens with zero attached hydrogens (tertiary/aromatic N) is 2. The van der Waals surface area contributed by atoms with Crippen molar-refractivity contribution < 1.29 is 4.79 Å². The zero-order valence-corrected chi connectivity index (χ0v) is 11.6. The van der Waals surface area contributed by atoms with E-state index in [1.54, 1.807) is 10.7 Å². The Morgan fingerprint density at radius 2 is 2.44 bits per heavy atom. The first-order valence-electron chi connectivity index (χ1n) is 4.63. The fourth-order valence-corrected chi connectivity index (χ4v) is 2.97. The zero-order valence-electron chi connectivity index (χ0n) is 8.41. The van der Waals surface area contributed by atoms with E-state index in [4.69, 9.17) is 11.6 Å². The molecule has 2 aromatic heterocycles. The summed E-state index contributed by atoms with van der Waals surface area (Å²) in [6.07, 6.45) is 1.50. The molecule has 0 aliphatic rings. The number of aromatic nitrogens is 2. The molecule has 0 radical (unpaired) electrons. The Labute approximate surface area is 110 Å². The summed E-state index contributed by atoms with van der Waals surface area (Å²) in [4.78, 5) is 12.8. The second kappa shape index (κ2) is 4.69. The maximum Gasteiger partial charge on any atom is 0.222 e. The van der Waals surface area contributed by atoms with Crippen LogP contribution in [0.5, 0.6) is 0 Å². The normalized spacial score (nSPS) is 10.7. The van der Waals surface area contributed by atoms with Gasteiger partial charge in [-0.1, -0.05) is 11.6 Å². The molecule has 2 heterocycles. The van der Waals surface area contributed by atoms with Crippen LogP contribution in [0, 0.1) is 0 Å². The van der Waals surface area contributed by atoms with Gasteiger partial charge in [-0.05, 0) is 28.9 Å². The third-order valence-electron chi connectivity index (χ3n) is 2.10. The van der Waals surface area contributed by atoms with Crippen molar-refractivity contribution >= 4 is 44.7 Å². The van der Waals surface area contributed by atoms with Gasteiger partial charge in [-0.3, -0.25) is 9.48 Å². The number of hydrogen-bond donors (Lipinski definition) is 0. The van der Waals surface area contributed by atoms with Crippen LogP contribution in [-0.2, 0) is 6.54 Å². The van der Waals surface area contributed by atoms with Crippen molar-refractivity contribution in [2.75, 3.05) is 0 Å². The van der Waals surface area contributed by atoms with Crippen molar-refractivity contribution in [2.24, 2.45) is 0 Å². The molecule has 0 spiro atoms. The summed E-state index contributed by atoms with van der Waals surface area (Å²) in [7, 11) is 0. The van der Waals surface area contributed by atoms with Gasteiger partial charge in [-0.15, -0.1) is 11.3 Å². The Kier molecular flexibility index (Phi) is 3.47. The van der Waals surface area contributed by atoms with Gasteiger partial charge >= 0.3 is 0 Å². The van der Waals surface area contributed by atoms with E-state index in [0.717, 1.165) is 4.47 Å². The summed E-state index contributed by atoms with van der Waals surface area (Å²) in [5, 5.41) is 6.31. The summed E-state index contributed by atoms with van der Waals surface area (Å²) in [6.45, 7) is 2.55. The third-order valence-corrected chi connectivity index (χ3v) is 4.07. The molecule has 0 fully saturated rings. The SMILES string of the molecule is CCn1ncc(Cl)c1C(=O)c1cc(Br)cs1. The monoisotopic (exact) mass is 318 g/mol. The average Bonchev–Trinajstić information content (AvgIpc) is 2.83. The number of hydrogen-bond acceptors (Lipinski definition) is 3. The Balaban J connectivity index is 2.44. The first-order valence-corrected chi connectivity index (χ1v) is 6.68. The summed E-state index contributed by atoms with van der Waals surface area (Å²) < 4.78 is 2.51. The van der Waals surface area contributed by atoms with Crippen LogP contribution in [0.25, 0.3) is 0 Å². The Hall–Kier alpha value is -0.650. The zero-order chi connectivity index (χ0) is 11.7. The first-order chi connectivity index (χ1) is 7.63. The van der Waals surface area contributed by atoms with Gasteiger partial charge < -0.3 is 0 Å². The Morgan fingerprint density at radius 1 is 1.69 bits per heavy atom. The van der Waals surface area contributed by atoms with E-state index in [0.29, 0.717) is 22.1 Å². The standard InChI is InChI=1S/C10H8BrClN2OS/c1-2-14-9(7(12)4-13-14)10(15)8-3-6(11)5-16-8/h3-5H,2H2,1H3. The van der Waals surface area contributed by atoms with Crippen molar-refractivity contribution in [1.29, 1.82) is 0 Å². The second-order valence-corrected chi connectivity index (χ2v) is 5.35. The third kappa shape index (κ3) is 2.07. The van der Waals surface area contributed by atoms with E-state index < -0.39 is 0 Å². The summed E-state index contributed by atoms with van der Waals surface area (Å²) in [5.74, 6) is -0.0833. The van der Waals surface area contributed by atoms with Gasteiger partial charge in [0.2, 0.25) is 5.78 Å². The molecular weight excluding hydrogens is 312 g/mol. The lowest BCUT2D eigenvalue weighted by molar-refractivity contribution is 0.103. The average molecular weight is 320 g/mol. The molecule has 0 saturated carbocycles. The minimum Gasteiger partial charge on any atom is -0.286 e. The van der Waals surface area contributed by atoms with Gasteiger partial charge in [0, 0.05) is 16.4 Å².